The molecule has 1 aliphatic carbocycles. The van der Waals surface area contributed by atoms with Crippen LogP contribution in [0.25, 0.3) is 0 Å². The van der Waals surface area contributed by atoms with Crippen molar-refractivity contribution < 1.29 is 8.78 Å². The minimum Gasteiger partial charge on any atom is -0.378 e. The molecule has 0 aromatic heterocycles. The monoisotopic (exact) mass is 293 g/mol. The number of halogens is 3. The first kappa shape index (κ1) is 13.4. The molecule has 1 nitrogen and oxygen atoms in total. The van der Waals surface area contributed by atoms with Gasteiger partial charge in [-0.15, -0.1) is 0 Å². The van der Waals surface area contributed by atoms with E-state index in [-0.39, 0.29) is 16.9 Å². The fourth-order valence-electron chi connectivity index (χ4n) is 2.34. The smallest absolute Gasteiger partial charge is 0.141 e. The molecule has 1 aliphatic rings. The highest BCUT2D eigenvalue weighted by molar-refractivity contribution is 6.31. The van der Waals surface area contributed by atoms with Gasteiger partial charge in [0.15, 0.2) is 0 Å². The standard InChI is InChI=1S/C16H14ClF2N/c17-14-9-13(7-8-15(14)19)20-16(10-1-2-10)11-3-5-12(18)6-4-11/h3-10,16,20H,1-2H2. The lowest BCUT2D eigenvalue weighted by molar-refractivity contribution is 0.621. The average molecular weight is 294 g/mol. The maximum atomic E-state index is 13.2. The Morgan fingerprint density at radius 2 is 1.75 bits per heavy atom. The highest BCUT2D eigenvalue weighted by atomic mass is 35.5. The van der Waals surface area contributed by atoms with Crippen molar-refractivity contribution in [2.75, 3.05) is 5.32 Å². The highest BCUT2D eigenvalue weighted by Crippen LogP contribution is 2.43. The van der Waals surface area contributed by atoms with Crippen molar-refractivity contribution >= 4 is 17.3 Å². The third kappa shape index (κ3) is 2.93. The van der Waals surface area contributed by atoms with E-state index in [0.29, 0.717) is 5.92 Å². The van der Waals surface area contributed by atoms with Gasteiger partial charge in [0.2, 0.25) is 0 Å². The minimum atomic E-state index is -0.429. The molecule has 1 fully saturated rings. The van der Waals surface area contributed by atoms with Crippen LogP contribution in [0.2, 0.25) is 5.02 Å². The zero-order valence-corrected chi connectivity index (χ0v) is 11.5. The first-order valence-corrected chi connectivity index (χ1v) is 6.98. The summed E-state index contributed by atoms with van der Waals surface area (Å²) >= 11 is 5.79. The molecule has 3 rings (SSSR count). The second-order valence-electron chi connectivity index (χ2n) is 5.14. The van der Waals surface area contributed by atoms with Crippen LogP contribution in [-0.4, -0.2) is 0 Å². The quantitative estimate of drug-likeness (QED) is 0.819. The highest BCUT2D eigenvalue weighted by Gasteiger charge is 2.32. The molecule has 0 saturated heterocycles. The Labute approximate surface area is 121 Å². The lowest BCUT2D eigenvalue weighted by atomic mass is 10.0. The maximum Gasteiger partial charge on any atom is 0.141 e. The van der Waals surface area contributed by atoms with Gasteiger partial charge >= 0.3 is 0 Å². The van der Waals surface area contributed by atoms with Gasteiger partial charge in [-0.1, -0.05) is 23.7 Å². The van der Waals surface area contributed by atoms with Gasteiger partial charge < -0.3 is 5.32 Å². The topological polar surface area (TPSA) is 12.0 Å². The summed E-state index contributed by atoms with van der Waals surface area (Å²) in [7, 11) is 0. The van der Waals surface area contributed by atoms with Crippen molar-refractivity contribution in [3.8, 4) is 0 Å². The molecule has 1 N–H and O–H groups in total. The third-order valence-electron chi connectivity index (χ3n) is 3.56. The molecule has 0 bridgehead atoms. The number of hydrogen-bond donors (Lipinski definition) is 1. The van der Waals surface area contributed by atoms with Gasteiger partial charge in [-0.25, -0.2) is 8.78 Å². The Hall–Kier alpha value is -1.61. The molecular formula is C16H14ClF2N. The van der Waals surface area contributed by atoms with Crippen LogP contribution in [0, 0.1) is 17.6 Å². The zero-order chi connectivity index (χ0) is 14.1. The molecule has 0 spiro atoms. The Kier molecular flexibility index (Phi) is 3.62. The van der Waals surface area contributed by atoms with E-state index in [4.69, 9.17) is 11.6 Å². The van der Waals surface area contributed by atoms with Gasteiger partial charge in [-0.05, 0) is 54.7 Å². The first-order chi connectivity index (χ1) is 9.63. The van der Waals surface area contributed by atoms with E-state index in [1.54, 1.807) is 24.3 Å². The van der Waals surface area contributed by atoms with Crippen LogP contribution in [0.3, 0.4) is 0 Å². The molecule has 2 aromatic carbocycles. The fourth-order valence-corrected chi connectivity index (χ4v) is 2.52. The van der Waals surface area contributed by atoms with Gasteiger partial charge in [-0.2, -0.15) is 0 Å². The van der Waals surface area contributed by atoms with Crippen LogP contribution in [-0.2, 0) is 0 Å². The van der Waals surface area contributed by atoms with E-state index in [1.807, 2.05) is 0 Å². The zero-order valence-electron chi connectivity index (χ0n) is 10.7. The Bertz CT molecular complexity index is 608. The summed E-state index contributed by atoms with van der Waals surface area (Å²) in [5.41, 5.74) is 1.81. The SMILES string of the molecule is Fc1ccc(C(Nc2ccc(F)c(Cl)c2)C2CC2)cc1. The number of rotatable bonds is 4. The lowest BCUT2D eigenvalue weighted by Gasteiger charge is -2.20. The van der Waals surface area contributed by atoms with Gasteiger partial charge in [0.25, 0.3) is 0 Å². The molecule has 1 saturated carbocycles. The molecule has 0 heterocycles. The summed E-state index contributed by atoms with van der Waals surface area (Å²) in [6.07, 6.45) is 2.29. The summed E-state index contributed by atoms with van der Waals surface area (Å²) in [5.74, 6) is -0.139. The van der Waals surface area contributed by atoms with Crippen molar-refractivity contribution in [2.24, 2.45) is 5.92 Å². The van der Waals surface area contributed by atoms with Crippen LogP contribution in [0.4, 0.5) is 14.5 Å². The van der Waals surface area contributed by atoms with Crippen molar-refractivity contribution in [3.05, 3.63) is 64.7 Å². The van der Waals surface area contributed by atoms with E-state index in [9.17, 15) is 8.78 Å². The largest absolute Gasteiger partial charge is 0.378 e. The normalized spacial score (nSPS) is 15.9. The molecule has 104 valence electrons. The summed E-state index contributed by atoms with van der Waals surface area (Å²) in [4.78, 5) is 0. The van der Waals surface area contributed by atoms with Crippen LogP contribution in [0.5, 0.6) is 0 Å². The molecule has 0 amide bonds. The van der Waals surface area contributed by atoms with Crippen LogP contribution in [0.15, 0.2) is 42.5 Å². The predicted octanol–water partition coefficient (Wildman–Crippen LogP) is 5.18. The Morgan fingerprint density at radius 1 is 1.05 bits per heavy atom. The second-order valence-corrected chi connectivity index (χ2v) is 5.55. The first-order valence-electron chi connectivity index (χ1n) is 6.60. The summed E-state index contributed by atoms with van der Waals surface area (Å²) < 4.78 is 26.2. The van der Waals surface area contributed by atoms with E-state index in [1.165, 1.54) is 18.2 Å². The lowest BCUT2D eigenvalue weighted by Crippen LogP contribution is -2.13. The van der Waals surface area contributed by atoms with Crippen molar-refractivity contribution in [3.63, 3.8) is 0 Å². The van der Waals surface area contributed by atoms with Gasteiger partial charge in [0.05, 0.1) is 11.1 Å². The van der Waals surface area contributed by atoms with Gasteiger partial charge in [0, 0.05) is 5.69 Å². The van der Waals surface area contributed by atoms with E-state index in [0.717, 1.165) is 24.1 Å². The molecule has 1 unspecified atom stereocenters. The van der Waals surface area contributed by atoms with Crippen molar-refractivity contribution in [1.29, 1.82) is 0 Å². The molecule has 4 heteroatoms. The van der Waals surface area contributed by atoms with E-state index < -0.39 is 5.82 Å². The van der Waals surface area contributed by atoms with Crippen LogP contribution >= 0.6 is 11.6 Å². The number of nitrogens with one attached hydrogen (secondary N) is 1. The number of benzene rings is 2. The summed E-state index contributed by atoms with van der Waals surface area (Å²) in [5, 5.41) is 3.47. The van der Waals surface area contributed by atoms with Crippen molar-refractivity contribution in [1.82, 2.24) is 0 Å². The molecular weight excluding hydrogens is 280 g/mol. The summed E-state index contributed by atoms with van der Waals surface area (Å²) in [6.45, 7) is 0. The Morgan fingerprint density at radius 3 is 2.35 bits per heavy atom. The summed E-state index contributed by atoms with van der Waals surface area (Å²) in [6, 6.07) is 11.2. The van der Waals surface area contributed by atoms with Gasteiger partial charge in [0.1, 0.15) is 11.6 Å². The molecule has 20 heavy (non-hydrogen) atoms. The average Bonchev–Trinajstić information content (AvgIpc) is 3.26. The van der Waals surface area contributed by atoms with Crippen LogP contribution < -0.4 is 5.32 Å². The van der Waals surface area contributed by atoms with Gasteiger partial charge in [-0.3, -0.25) is 0 Å². The molecule has 1 atom stereocenters. The Balaban J connectivity index is 1.84. The maximum absolute atomic E-state index is 13.2. The number of anilines is 1. The van der Waals surface area contributed by atoms with Crippen molar-refractivity contribution in [2.45, 2.75) is 18.9 Å². The number of hydrogen-bond acceptors (Lipinski definition) is 1. The molecule has 0 radical (unpaired) electrons. The predicted molar refractivity (Wildman–Crippen MR) is 76.9 cm³/mol. The third-order valence-corrected chi connectivity index (χ3v) is 3.85. The molecule has 0 aliphatic heterocycles. The second kappa shape index (κ2) is 5.41. The van der Waals surface area contributed by atoms with E-state index in [2.05, 4.69) is 5.32 Å². The van der Waals surface area contributed by atoms with E-state index >= 15 is 0 Å². The minimum absolute atomic E-state index is 0.101. The molecule has 2 aromatic rings. The fraction of sp³-hybridized carbons (Fsp3) is 0.250. The van der Waals surface area contributed by atoms with Crippen LogP contribution in [0.1, 0.15) is 24.4 Å².